The molecule has 8 nitrogen and oxygen atoms in total. The molecule has 3 rings (SSSR count). The lowest BCUT2D eigenvalue weighted by atomic mass is 10.0. The van der Waals surface area contributed by atoms with Crippen molar-refractivity contribution in [2.45, 2.75) is 13.3 Å². The van der Waals surface area contributed by atoms with E-state index in [1.807, 2.05) is 24.3 Å². The quantitative estimate of drug-likeness (QED) is 0.473. The molecule has 1 aromatic carbocycles. The smallest absolute Gasteiger partial charge is 0.270 e. The van der Waals surface area contributed by atoms with Gasteiger partial charge in [0, 0.05) is 26.2 Å². The van der Waals surface area contributed by atoms with Crippen molar-refractivity contribution in [3.05, 3.63) is 55.7 Å². The second kappa shape index (κ2) is 10.1. The van der Waals surface area contributed by atoms with Gasteiger partial charge in [0.1, 0.15) is 21.8 Å². The number of thiocarbonyl (C=S) groups is 1. The van der Waals surface area contributed by atoms with E-state index >= 15 is 0 Å². The van der Waals surface area contributed by atoms with Gasteiger partial charge in [-0.1, -0.05) is 30.0 Å². The van der Waals surface area contributed by atoms with Crippen LogP contribution in [0.5, 0.6) is 11.5 Å². The van der Waals surface area contributed by atoms with Crippen LogP contribution in [0.25, 0.3) is 6.08 Å². The van der Waals surface area contributed by atoms with Crippen molar-refractivity contribution in [3.63, 3.8) is 0 Å². The molecule has 0 aliphatic carbocycles. The predicted octanol–water partition coefficient (Wildman–Crippen LogP) is 3.07. The molecule has 1 aliphatic rings. The zero-order chi connectivity index (χ0) is 24.3. The average Bonchev–Trinajstić information content (AvgIpc) is 3.05. The van der Waals surface area contributed by atoms with Crippen LogP contribution < -0.4 is 20.3 Å². The molecule has 2 aromatic rings. The van der Waals surface area contributed by atoms with Crippen molar-refractivity contribution in [2.75, 3.05) is 33.1 Å². The molecule has 1 N–H and O–H groups in total. The van der Waals surface area contributed by atoms with Gasteiger partial charge >= 0.3 is 0 Å². The number of methoxy groups -OCH3 is 2. The monoisotopic (exact) mass is 484 g/mol. The molecule has 1 amide bonds. The fraction of sp³-hybridized carbons (Fsp3) is 0.304. The number of nitrogens with one attached hydrogen (secondary N) is 1. The molecule has 10 heteroatoms. The van der Waals surface area contributed by atoms with Gasteiger partial charge < -0.3 is 14.8 Å². The van der Waals surface area contributed by atoms with Gasteiger partial charge in [-0.3, -0.25) is 19.1 Å². The summed E-state index contributed by atoms with van der Waals surface area (Å²) in [5, 5.41) is 12.8. The summed E-state index contributed by atoms with van der Waals surface area (Å²) in [6.07, 6.45) is 2.33. The standard InChI is InChI=1S/C23H24N4O4S2/c1-13-15(11-19-22(29)27(3)23(32)33-19)20(26(2)21(28)16(13)12-24)25-9-8-14-6-7-17(30-4)18(10-14)31-5/h6-7,10-11,25H,8-9H2,1-5H3/b19-11+. The minimum absolute atomic E-state index is 0.0427. The Balaban J connectivity index is 1.96. The van der Waals surface area contributed by atoms with E-state index < -0.39 is 5.56 Å². The van der Waals surface area contributed by atoms with E-state index in [-0.39, 0.29) is 11.5 Å². The summed E-state index contributed by atoms with van der Waals surface area (Å²) in [4.78, 5) is 27.1. The van der Waals surface area contributed by atoms with Crippen LogP contribution in [0.2, 0.25) is 0 Å². The first-order valence-corrected chi connectivity index (χ1v) is 11.3. The second-order valence-electron chi connectivity index (χ2n) is 7.35. The number of amides is 1. The summed E-state index contributed by atoms with van der Waals surface area (Å²) >= 11 is 6.41. The Hall–Kier alpha value is -3.29. The largest absolute Gasteiger partial charge is 0.493 e. The van der Waals surface area contributed by atoms with Crippen molar-refractivity contribution in [2.24, 2.45) is 7.05 Å². The highest BCUT2D eigenvalue weighted by Crippen LogP contribution is 2.34. The fourth-order valence-corrected chi connectivity index (χ4v) is 4.64. The SMILES string of the molecule is COc1ccc(CCNc2c(/C=C3/SC(=S)N(C)C3=O)c(C)c(C#N)c(=O)n2C)cc1OC. The Morgan fingerprint density at radius 1 is 1.21 bits per heavy atom. The van der Waals surface area contributed by atoms with E-state index in [9.17, 15) is 14.9 Å². The van der Waals surface area contributed by atoms with Crippen molar-refractivity contribution in [3.8, 4) is 17.6 Å². The molecule has 0 atom stereocenters. The Morgan fingerprint density at radius 2 is 1.91 bits per heavy atom. The first-order chi connectivity index (χ1) is 15.7. The number of aromatic nitrogens is 1. The summed E-state index contributed by atoms with van der Waals surface area (Å²) in [5.41, 5.74) is 1.78. The van der Waals surface area contributed by atoms with Crippen molar-refractivity contribution < 1.29 is 14.3 Å². The third kappa shape index (κ3) is 4.74. The summed E-state index contributed by atoms with van der Waals surface area (Å²) in [7, 11) is 6.39. The normalized spacial score (nSPS) is 14.5. The average molecular weight is 485 g/mol. The molecule has 33 heavy (non-hydrogen) atoms. The number of ether oxygens (including phenoxy) is 2. The Labute approximate surface area is 201 Å². The number of hydrogen-bond donors (Lipinski definition) is 1. The van der Waals surface area contributed by atoms with Crippen molar-refractivity contribution in [1.29, 1.82) is 5.26 Å². The van der Waals surface area contributed by atoms with Gasteiger partial charge in [-0.05, 0) is 42.7 Å². The van der Waals surface area contributed by atoms with Crippen molar-refractivity contribution >= 4 is 46.1 Å². The molecule has 2 heterocycles. The van der Waals surface area contributed by atoms with Gasteiger partial charge in [0.15, 0.2) is 11.5 Å². The highest BCUT2D eigenvalue weighted by Gasteiger charge is 2.29. The van der Waals surface area contributed by atoms with E-state index in [4.69, 9.17) is 21.7 Å². The number of benzene rings is 1. The number of nitrogens with zero attached hydrogens (tertiary/aromatic N) is 3. The lowest BCUT2D eigenvalue weighted by Gasteiger charge is -2.18. The molecular formula is C23H24N4O4S2. The number of anilines is 1. The van der Waals surface area contributed by atoms with Gasteiger partial charge in [0.25, 0.3) is 11.5 Å². The number of nitriles is 1. The highest BCUT2D eigenvalue weighted by atomic mass is 32.2. The summed E-state index contributed by atoms with van der Waals surface area (Å²) in [5.74, 6) is 1.60. The maximum absolute atomic E-state index is 12.7. The van der Waals surface area contributed by atoms with E-state index in [2.05, 4.69) is 5.32 Å². The summed E-state index contributed by atoms with van der Waals surface area (Å²) in [6, 6.07) is 7.67. The van der Waals surface area contributed by atoms with Crippen LogP contribution in [0, 0.1) is 18.3 Å². The molecule has 1 saturated heterocycles. The Morgan fingerprint density at radius 3 is 2.48 bits per heavy atom. The van der Waals surface area contributed by atoms with Gasteiger partial charge in [-0.2, -0.15) is 5.26 Å². The van der Waals surface area contributed by atoms with Crippen LogP contribution in [0.15, 0.2) is 27.9 Å². The third-order valence-corrected chi connectivity index (χ3v) is 6.90. The molecule has 0 radical (unpaired) electrons. The van der Waals surface area contributed by atoms with Gasteiger partial charge in [-0.25, -0.2) is 0 Å². The van der Waals surface area contributed by atoms with Gasteiger partial charge in [0.05, 0.1) is 19.1 Å². The fourth-order valence-electron chi connectivity index (χ4n) is 3.48. The van der Waals surface area contributed by atoms with E-state index in [1.54, 1.807) is 41.3 Å². The van der Waals surface area contributed by atoms with Crippen LogP contribution in [0.3, 0.4) is 0 Å². The molecule has 0 bridgehead atoms. The highest BCUT2D eigenvalue weighted by molar-refractivity contribution is 8.26. The molecule has 0 saturated carbocycles. The van der Waals surface area contributed by atoms with Crippen LogP contribution in [0.1, 0.15) is 22.3 Å². The van der Waals surface area contributed by atoms with E-state index in [0.29, 0.717) is 50.6 Å². The lowest BCUT2D eigenvalue weighted by molar-refractivity contribution is -0.121. The van der Waals surface area contributed by atoms with Crippen LogP contribution >= 0.6 is 24.0 Å². The predicted molar refractivity (Wildman–Crippen MR) is 134 cm³/mol. The number of likely N-dealkylation sites (N-methyl/N-ethyl adjacent to an activating group) is 1. The molecule has 172 valence electrons. The minimum atomic E-state index is -0.399. The summed E-state index contributed by atoms with van der Waals surface area (Å²) in [6.45, 7) is 2.21. The maximum Gasteiger partial charge on any atom is 0.270 e. The number of thioether (sulfide) groups is 1. The molecule has 1 fully saturated rings. The number of carbonyl (C=O) groups is 1. The number of pyridine rings is 1. The Kier molecular flexibility index (Phi) is 7.46. The van der Waals surface area contributed by atoms with Gasteiger partial charge in [0.2, 0.25) is 0 Å². The zero-order valence-corrected chi connectivity index (χ0v) is 20.6. The zero-order valence-electron chi connectivity index (χ0n) is 19.0. The Bertz CT molecular complexity index is 1260. The number of rotatable bonds is 7. The molecule has 1 aromatic heterocycles. The van der Waals surface area contributed by atoms with Gasteiger partial charge in [-0.15, -0.1) is 0 Å². The molecular weight excluding hydrogens is 460 g/mol. The third-order valence-electron chi connectivity index (χ3n) is 5.42. The second-order valence-corrected chi connectivity index (χ2v) is 9.02. The molecule has 0 spiro atoms. The maximum atomic E-state index is 12.7. The van der Waals surface area contributed by atoms with E-state index in [1.165, 1.54) is 21.2 Å². The van der Waals surface area contributed by atoms with Crippen molar-refractivity contribution in [1.82, 2.24) is 9.47 Å². The minimum Gasteiger partial charge on any atom is -0.493 e. The van der Waals surface area contributed by atoms with Crippen LogP contribution in [-0.2, 0) is 18.3 Å². The number of carbonyl (C=O) groups excluding carboxylic acids is 1. The van der Waals surface area contributed by atoms with Crippen LogP contribution in [-0.4, -0.2) is 47.5 Å². The first-order valence-electron chi connectivity index (χ1n) is 10.0. The molecule has 1 aliphatic heterocycles. The number of hydrogen-bond acceptors (Lipinski definition) is 8. The first kappa shape index (κ1) is 24.4. The molecule has 0 unspecified atom stereocenters. The van der Waals surface area contributed by atoms with E-state index in [0.717, 1.165) is 5.56 Å². The summed E-state index contributed by atoms with van der Waals surface area (Å²) < 4.78 is 12.5. The lowest BCUT2D eigenvalue weighted by Crippen LogP contribution is -2.26. The topological polar surface area (TPSA) is 96.6 Å². The van der Waals surface area contributed by atoms with Crippen LogP contribution in [0.4, 0.5) is 5.82 Å².